The second-order valence-corrected chi connectivity index (χ2v) is 8.55. The van der Waals surface area contributed by atoms with Crippen LogP contribution >= 0.6 is 58.1 Å². The molecule has 1 heterocycles. The number of carbonyl (C=O) groups excluding carboxylic acids is 1. The minimum atomic E-state index is -0.585. The largest absolute Gasteiger partial charge is 0.504 e. The third-order valence-corrected chi connectivity index (χ3v) is 6.77. The van der Waals surface area contributed by atoms with E-state index in [0.29, 0.717) is 19.3 Å². The number of amides is 2. The van der Waals surface area contributed by atoms with Crippen molar-refractivity contribution in [2.75, 3.05) is 23.7 Å². The van der Waals surface area contributed by atoms with Gasteiger partial charge >= 0.3 is 6.03 Å². The van der Waals surface area contributed by atoms with Crippen LogP contribution in [0.1, 0.15) is 13.8 Å². The van der Waals surface area contributed by atoms with Gasteiger partial charge in [0.05, 0.1) is 15.7 Å². The number of nitrogens with zero attached hydrogens (tertiary/aromatic N) is 1. The molecule has 0 bridgehead atoms. The summed E-state index contributed by atoms with van der Waals surface area (Å²) in [6.45, 7) is 5.66. The van der Waals surface area contributed by atoms with E-state index < -0.39 is 6.03 Å². The van der Waals surface area contributed by atoms with Crippen LogP contribution in [0.3, 0.4) is 0 Å². The van der Waals surface area contributed by atoms with E-state index in [1.165, 1.54) is 23.3 Å². The topological polar surface area (TPSA) is 64.6 Å². The molecule has 0 radical (unpaired) electrons. The lowest BCUT2D eigenvalue weighted by Crippen LogP contribution is -2.19. The molecule has 0 saturated heterocycles. The summed E-state index contributed by atoms with van der Waals surface area (Å²) < 4.78 is 2.96. The standard InChI is InChI=1S/C15H16Cl3N3O2S2/c1-3-21(4-2)25-14-12(22)11(13(18)24-14)20-15(23)19-9-7-5-6-8(16)10(9)17/h5-7,22H,3-4H2,1-2H3,(H2,19,20,23). The molecular formula is C15H16Cl3N3O2S2. The summed E-state index contributed by atoms with van der Waals surface area (Å²) in [5, 5.41) is 16.0. The van der Waals surface area contributed by atoms with Gasteiger partial charge in [-0.15, -0.1) is 11.3 Å². The van der Waals surface area contributed by atoms with Crippen molar-refractivity contribution in [2.24, 2.45) is 0 Å². The van der Waals surface area contributed by atoms with Crippen LogP contribution in [0.4, 0.5) is 16.2 Å². The quantitative estimate of drug-likeness (QED) is 0.454. The van der Waals surface area contributed by atoms with Gasteiger partial charge in [0.15, 0.2) is 5.75 Å². The summed E-state index contributed by atoms with van der Waals surface area (Å²) in [4.78, 5) is 12.2. The number of hydrogen-bond donors (Lipinski definition) is 3. The molecule has 0 fully saturated rings. The first kappa shape index (κ1) is 20.5. The van der Waals surface area contributed by atoms with Gasteiger partial charge in [0.1, 0.15) is 14.2 Å². The first-order valence-electron chi connectivity index (χ1n) is 7.33. The molecule has 2 aromatic rings. The average molecular weight is 441 g/mol. The number of carbonyl (C=O) groups is 1. The van der Waals surface area contributed by atoms with Gasteiger partial charge in [0.25, 0.3) is 0 Å². The number of urea groups is 1. The summed E-state index contributed by atoms with van der Waals surface area (Å²) in [5.74, 6) is -0.0563. The van der Waals surface area contributed by atoms with Crippen LogP contribution in [0.25, 0.3) is 0 Å². The van der Waals surface area contributed by atoms with Crippen LogP contribution < -0.4 is 10.6 Å². The third-order valence-electron chi connectivity index (χ3n) is 3.16. The third kappa shape index (κ3) is 5.09. The number of rotatable bonds is 6. The molecule has 25 heavy (non-hydrogen) atoms. The molecule has 5 nitrogen and oxygen atoms in total. The molecule has 0 aliphatic carbocycles. The van der Waals surface area contributed by atoms with Crippen LogP contribution in [0, 0.1) is 0 Å². The molecule has 1 aromatic heterocycles. The molecule has 1 aromatic carbocycles. The Morgan fingerprint density at radius 1 is 1.24 bits per heavy atom. The first-order chi connectivity index (χ1) is 11.9. The zero-order chi connectivity index (χ0) is 18.6. The second kappa shape index (κ2) is 9.21. The average Bonchev–Trinajstić information content (AvgIpc) is 2.84. The zero-order valence-corrected chi connectivity index (χ0v) is 17.3. The molecule has 3 N–H and O–H groups in total. The van der Waals surface area contributed by atoms with Crippen LogP contribution in [-0.4, -0.2) is 28.5 Å². The van der Waals surface area contributed by atoms with Crippen molar-refractivity contribution in [1.29, 1.82) is 0 Å². The van der Waals surface area contributed by atoms with E-state index in [0.717, 1.165) is 13.1 Å². The highest BCUT2D eigenvalue weighted by Gasteiger charge is 2.21. The Morgan fingerprint density at radius 2 is 1.92 bits per heavy atom. The Labute approximate surface area is 169 Å². The van der Waals surface area contributed by atoms with Crippen molar-refractivity contribution in [3.63, 3.8) is 0 Å². The predicted octanol–water partition coefficient (Wildman–Crippen LogP) is 6.41. The van der Waals surface area contributed by atoms with Gasteiger partial charge < -0.3 is 15.7 Å². The molecule has 0 atom stereocenters. The molecule has 0 spiro atoms. The highest BCUT2D eigenvalue weighted by Crippen LogP contribution is 2.48. The van der Waals surface area contributed by atoms with Crippen molar-refractivity contribution >= 4 is 75.5 Å². The van der Waals surface area contributed by atoms with Gasteiger partial charge in [-0.3, -0.25) is 0 Å². The van der Waals surface area contributed by atoms with E-state index in [4.69, 9.17) is 34.8 Å². The molecule has 0 aliphatic heterocycles. The van der Waals surface area contributed by atoms with Gasteiger partial charge in [-0.2, -0.15) is 0 Å². The Kier molecular flexibility index (Phi) is 7.54. The van der Waals surface area contributed by atoms with E-state index in [1.807, 2.05) is 13.8 Å². The van der Waals surface area contributed by atoms with E-state index in [9.17, 15) is 9.90 Å². The molecule has 2 rings (SSSR count). The fraction of sp³-hybridized carbons (Fsp3) is 0.267. The Bertz CT molecular complexity index is 767. The predicted molar refractivity (Wildman–Crippen MR) is 109 cm³/mol. The number of halogens is 3. The van der Waals surface area contributed by atoms with Gasteiger partial charge in [-0.1, -0.05) is 54.7 Å². The van der Waals surface area contributed by atoms with E-state index in [2.05, 4.69) is 14.9 Å². The highest BCUT2D eigenvalue weighted by molar-refractivity contribution is 7.99. The van der Waals surface area contributed by atoms with Crippen molar-refractivity contribution in [3.05, 3.63) is 32.6 Å². The molecule has 0 unspecified atom stereocenters. The van der Waals surface area contributed by atoms with Gasteiger partial charge in [-0.05, 0) is 24.1 Å². The summed E-state index contributed by atoms with van der Waals surface area (Å²) in [6, 6.07) is 4.31. The maximum Gasteiger partial charge on any atom is 0.323 e. The molecule has 0 aliphatic rings. The van der Waals surface area contributed by atoms with Gasteiger partial charge in [-0.25, -0.2) is 9.10 Å². The van der Waals surface area contributed by atoms with Crippen LogP contribution in [0.5, 0.6) is 5.75 Å². The van der Waals surface area contributed by atoms with Gasteiger partial charge in [0.2, 0.25) is 0 Å². The number of anilines is 2. The molecule has 0 saturated carbocycles. The minimum Gasteiger partial charge on any atom is -0.504 e. The number of aromatic hydroxyl groups is 1. The van der Waals surface area contributed by atoms with E-state index in [1.54, 1.807) is 18.2 Å². The second-order valence-electron chi connectivity index (χ2n) is 4.77. The van der Waals surface area contributed by atoms with Crippen LogP contribution in [-0.2, 0) is 0 Å². The van der Waals surface area contributed by atoms with Crippen molar-refractivity contribution < 1.29 is 9.90 Å². The number of benzene rings is 1. The summed E-state index contributed by atoms with van der Waals surface area (Å²) in [7, 11) is 0. The van der Waals surface area contributed by atoms with Crippen LogP contribution in [0.2, 0.25) is 14.4 Å². The Hall–Kier alpha value is -0.830. The SMILES string of the molecule is CCN(CC)Sc1sc(Cl)c(NC(=O)Nc2cccc(Cl)c2Cl)c1O. The maximum atomic E-state index is 12.2. The lowest BCUT2D eigenvalue weighted by atomic mass is 10.3. The fourth-order valence-corrected chi connectivity index (χ4v) is 4.74. The van der Waals surface area contributed by atoms with Crippen molar-refractivity contribution in [1.82, 2.24) is 4.31 Å². The number of nitrogens with one attached hydrogen (secondary N) is 2. The first-order valence-corrected chi connectivity index (χ1v) is 10.1. The molecule has 136 valence electrons. The summed E-state index contributed by atoms with van der Waals surface area (Å²) in [5.41, 5.74) is 0.521. The Balaban J connectivity index is 2.13. The normalized spacial score (nSPS) is 11.0. The van der Waals surface area contributed by atoms with E-state index in [-0.39, 0.29) is 16.5 Å². The van der Waals surface area contributed by atoms with Gasteiger partial charge in [0, 0.05) is 13.1 Å². The molecular weight excluding hydrogens is 425 g/mol. The molecule has 10 heteroatoms. The minimum absolute atomic E-state index is 0.0563. The lowest BCUT2D eigenvalue weighted by Gasteiger charge is -2.15. The monoisotopic (exact) mass is 439 g/mol. The smallest absolute Gasteiger partial charge is 0.323 e. The lowest BCUT2D eigenvalue weighted by molar-refractivity contribution is 0.262. The number of thiophene rings is 1. The van der Waals surface area contributed by atoms with Crippen molar-refractivity contribution in [2.45, 2.75) is 18.1 Å². The zero-order valence-electron chi connectivity index (χ0n) is 13.4. The summed E-state index contributed by atoms with van der Waals surface area (Å²) >= 11 is 20.7. The van der Waals surface area contributed by atoms with E-state index >= 15 is 0 Å². The van der Waals surface area contributed by atoms with Crippen molar-refractivity contribution in [3.8, 4) is 5.75 Å². The Morgan fingerprint density at radius 3 is 2.56 bits per heavy atom. The maximum absolute atomic E-state index is 12.2. The highest BCUT2D eigenvalue weighted by atomic mass is 35.5. The number of hydrogen-bond acceptors (Lipinski definition) is 5. The van der Waals surface area contributed by atoms with Crippen LogP contribution in [0.15, 0.2) is 22.4 Å². The fourth-order valence-electron chi connectivity index (χ4n) is 1.88. The summed E-state index contributed by atoms with van der Waals surface area (Å²) in [6.07, 6.45) is 0. The molecule has 2 amide bonds.